The van der Waals surface area contributed by atoms with Crippen molar-refractivity contribution in [2.45, 2.75) is 18.7 Å². The van der Waals surface area contributed by atoms with Crippen molar-refractivity contribution in [3.8, 4) is 0 Å². The smallest absolute Gasteiger partial charge is 0.310 e. The Morgan fingerprint density at radius 2 is 2.00 bits per heavy atom. The van der Waals surface area contributed by atoms with Gasteiger partial charge in [0.25, 0.3) is 0 Å². The summed E-state index contributed by atoms with van der Waals surface area (Å²) in [6, 6.07) is 4.63. The first-order valence-corrected chi connectivity index (χ1v) is 6.88. The average Bonchev–Trinajstić information content (AvgIpc) is 2.20. The van der Waals surface area contributed by atoms with Gasteiger partial charge in [0.15, 0.2) is 0 Å². The lowest BCUT2D eigenvalue weighted by Crippen LogP contribution is -2.30. The van der Waals surface area contributed by atoms with E-state index in [1.807, 2.05) is 0 Å². The van der Waals surface area contributed by atoms with Crippen LogP contribution in [-0.2, 0) is 15.6 Å². The topological polar surface area (TPSA) is 54.4 Å². The number of halogens is 2. The summed E-state index contributed by atoms with van der Waals surface area (Å²) in [7, 11) is -1.49. The third-order valence-corrected chi connectivity index (χ3v) is 4.70. The molecule has 0 aliphatic heterocycles. The molecule has 0 bridgehead atoms. The lowest BCUT2D eigenvalue weighted by atomic mass is 9.97. The number of aliphatic carboxylic acids is 1. The lowest BCUT2D eigenvalue weighted by Gasteiger charge is -2.18. The van der Waals surface area contributed by atoms with Crippen molar-refractivity contribution in [1.29, 1.82) is 0 Å². The zero-order valence-corrected chi connectivity index (χ0v) is 11.7. The van der Waals surface area contributed by atoms with Gasteiger partial charge in [-0.15, -0.1) is 0 Å². The number of rotatable bonds is 4. The highest BCUT2D eigenvalue weighted by Gasteiger charge is 2.30. The highest BCUT2D eigenvalue weighted by molar-refractivity contribution is 7.85. The van der Waals surface area contributed by atoms with Gasteiger partial charge < -0.3 is 5.11 Å². The number of carboxylic acid groups (broad SMARTS) is 1. The van der Waals surface area contributed by atoms with Gasteiger partial charge in [-0.25, -0.2) is 0 Å². The Morgan fingerprint density at radius 1 is 1.41 bits per heavy atom. The van der Waals surface area contributed by atoms with Crippen LogP contribution in [0.1, 0.15) is 13.8 Å². The Morgan fingerprint density at radius 3 is 2.53 bits per heavy atom. The number of hydrogen-bond donors (Lipinski definition) is 1. The normalized spacial score (nSPS) is 13.4. The van der Waals surface area contributed by atoms with E-state index in [1.54, 1.807) is 12.1 Å². The van der Waals surface area contributed by atoms with Gasteiger partial charge in [-0.05, 0) is 32.0 Å². The molecular weight excluding hydrogens is 283 g/mol. The van der Waals surface area contributed by atoms with E-state index in [-0.39, 0.29) is 5.75 Å². The Hall–Kier alpha value is -0.580. The van der Waals surface area contributed by atoms with Crippen LogP contribution >= 0.6 is 23.2 Å². The van der Waals surface area contributed by atoms with Gasteiger partial charge in [-0.2, -0.15) is 0 Å². The average molecular weight is 295 g/mol. The Balaban J connectivity index is 2.98. The standard InChI is InChI=1S/C11H12Cl2O3S/c1-11(2,10(14)15)6-17(16)9-5-7(12)3-4-8(9)13/h3-5H,6H2,1-2H3,(H,14,15). The van der Waals surface area contributed by atoms with E-state index in [4.69, 9.17) is 28.3 Å². The summed E-state index contributed by atoms with van der Waals surface area (Å²) in [5.74, 6) is -1.01. The summed E-state index contributed by atoms with van der Waals surface area (Å²) in [5.41, 5.74) is -1.07. The molecule has 0 amide bonds. The first kappa shape index (κ1) is 14.5. The minimum Gasteiger partial charge on any atom is -0.481 e. The van der Waals surface area contributed by atoms with Crippen molar-refractivity contribution in [3.05, 3.63) is 28.2 Å². The predicted octanol–water partition coefficient (Wildman–Crippen LogP) is 3.21. The third kappa shape index (κ3) is 3.69. The summed E-state index contributed by atoms with van der Waals surface area (Å²) in [6.07, 6.45) is 0. The largest absolute Gasteiger partial charge is 0.481 e. The molecule has 1 aromatic rings. The second-order valence-electron chi connectivity index (χ2n) is 4.25. The molecule has 0 saturated heterocycles. The number of carbonyl (C=O) groups is 1. The van der Waals surface area contributed by atoms with Gasteiger partial charge >= 0.3 is 5.97 Å². The van der Waals surface area contributed by atoms with E-state index in [0.717, 1.165) is 0 Å². The van der Waals surface area contributed by atoms with Crippen LogP contribution in [-0.4, -0.2) is 21.0 Å². The zero-order chi connectivity index (χ0) is 13.2. The molecule has 0 aromatic heterocycles. The molecule has 3 nitrogen and oxygen atoms in total. The molecule has 0 spiro atoms. The van der Waals surface area contributed by atoms with E-state index >= 15 is 0 Å². The number of carboxylic acids is 1. The van der Waals surface area contributed by atoms with Crippen LogP contribution in [0.15, 0.2) is 23.1 Å². The molecule has 0 heterocycles. The maximum absolute atomic E-state index is 12.0. The first-order chi connectivity index (χ1) is 7.74. The van der Waals surface area contributed by atoms with Crippen LogP contribution in [0.3, 0.4) is 0 Å². The molecular formula is C11H12Cl2O3S. The third-order valence-electron chi connectivity index (χ3n) is 2.21. The molecule has 0 fully saturated rings. The molecule has 1 aromatic carbocycles. The number of benzene rings is 1. The maximum atomic E-state index is 12.0. The molecule has 17 heavy (non-hydrogen) atoms. The van der Waals surface area contributed by atoms with Crippen molar-refractivity contribution in [2.24, 2.45) is 5.41 Å². The van der Waals surface area contributed by atoms with Crippen molar-refractivity contribution in [2.75, 3.05) is 5.75 Å². The monoisotopic (exact) mass is 294 g/mol. The molecule has 0 aliphatic carbocycles. The summed E-state index contributed by atoms with van der Waals surface area (Å²) in [5, 5.41) is 9.72. The van der Waals surface area contributed by atoms with E-state index < -0.39 is 22.2 Å². The highest BCUT2D eigenvalue weighted by atomic mass is 35.5. The van der Waals surface area contributed by atoms with Crippen molar-refractivity contribution < 1.29 is 14.1 Å². The molecule has 94 valence electrons. The SMILES string of the molecule is CC(C)(CS(=O)c1cc(Cl)ccc1Cl)C(=O)O. The van der Waals surface area contributed by atoms with Crippen molar-refractivity contribution >= 4 is 40.0 Å². The molecule has 1 rings (SSSR count). The Bertz CT molecular complexity index is 472. The van der Waals surface area contributed by atoms with E-state index in [2.05, 4.69) is 0 Å². The minimum atomic E-state index is -1.49. The predicted molar refractivity (Wildman–Crippen MR) is 69.2 cm³/mol. The fourth-order valence-corrected chi connectivity index (χ4v) is 3.21. The molecule has 1 unspecified atom stereocenters. The zero-order valence-electron chi connectivity index (χ0n) is 9.37. The van der Waals surface area contributed by atoms with Gasteiger partial charge in [-0.1, -0.05) is 23.2 Å². The molecule has 1 N–H and O–H groups in total. The molecule has 1 atom stereocenters. The fourth-order valence-electron chi connectivity index (χ4n) is 1.12. The molecule has 6 heteroatoms. The second kappa shape index (κ2) is 5.38. The van der Waals surface area contributed by atoms with E-state index in [0.29, 0.717) is 14.9 Å². The van der Waals surface area contributed by atoms with Gasteiger partial charge in [0, 0.05) is 10.8 Å². The molecule has 0 saturated carbocycles. The van der Waals surface area contributed by atoms with Crippen LogP contribution in [0, 0.1) is 5.41 Å². The summed E-state index contributed by atoms with van der Waals surface area (Å²) in [4.78, 5) is 11.3. The van der Waals surface area contributed by atoms with Crippen LogP contribution in [0.5, 0.6) is 0 Å². The van der Waals surface area contributed by atoms with Crippen LogP contribution in [0.4, 0.5) is 0 Å². The van der Waals surface area contributed by atoms with Crippen molar-refractivity contribution in [3.63, 3.8) is 0 Å². The van der Waals surface area contributed by atoms with Gasteiger partial charge in [0.05, 0.1) is 26.1 Å². The highest BCUT2D eigenvalue weighted by Crippen LogP contribution is 2.27. The summed E-state index contributed by atoms with van der Waals surface area (Å²) >= 11 is 11.7. The number of hydrogen-bond acceptors (Lipinski definition) is 2. The summed E-state index contributed by atoms with van der Waals surface area (Å²) < 4.78 is 12.0. The fraction of sp³-hybridized carbons (Fsp3) is 0.364. The van der Waals surface area contributed by atoms with Gasteiger partial charge in [-0.3, -0.25) is 9.00 Å². The van der Waals surface area contributed by atoms with Crippen LogP contribution < -0.4 is 0 Å². The quantitative estimate of drug-likeness (QED) is 0.928. The van der Waals surface area contributed by atoms with Crippen LogP contribution in [0.2, 0.25) is 10.0 Å². The van der Waals surface area contributed by atoms with Crippen molar-refractivity contribution in [1.82, 2.24) is 0 Å². The van der Waals surface area contributed by atoms with Crippen LogP contribution in [0.25, 0.3) is 0 Å². The first-order valence-electron chi connectivity index (χ1n) is 4.81. The Labute approximate surface area is 112 Å². The Kier molecular flexibility index (Phi) is 4.58. The molecule has 0 aliphatic rings. The minimum absolute atomic E-state index is 0.0115. The summed E-state index contributed by atoms with van der Waals surface area (Å²) in [6.45, 7) is 3.04. The molecule has 0 radical (unpaired) electrons. The van der Waals surface area contributed by atoms with E-state index in [9.17, 15) is 9.00 Å². The van der Waals surface area contributed by atoms with E-state index in [1.165, 1.54) is 19.9 Å². The van der Waals surface area contributed by atoms with Gasteiger partial charge in [0.1, 0.15) is 0 Å². The lowest BCUT2D eigenvalue weighted by molar-refractivity contribution is -0.145. The van der Waals surface area contributed by atoms with Gasteiger partial charge in [0.2, 0.25) is 0 Å². The second-order valence-corrected chi connectivity index (χ2v) is 6.52. The maximum Gasteiger partial charge on any atom is 0.310 e.